The topological polar surface area (TPSA) is 20.2 Å². The number of halogens is 2. The molecule has 2 rings (SSSR count). The number of hydrogen-bond donors (Lipinski definition) is 1. The third-order valence-electron chi connectivity index (χ3n) is 2.84. The Morgan fingerprint density at radius 1 is 1.44 bits per heavy atom. The molecule has 0 spiro atoms. The van der Waals surface area contributed by atoms with E-state index < -0.39 is 0 Å². The summed E-state index contributed by atoms with van der Waals surface area (Å²) in [5.41, 5.74) is 2.32. The molecule has 1 aliphatic rings. The molecule has 0 saturated carbocycles. The van der Waals surface area contributed by atoms with Crippen molar-refractivity contribution in [1.82, 2.24) is 0 Å². The Kier molecular flexibility index (Phi) is 3.77. The van der Waals surface area contributed by atoms with Crippen molar-refractivity contribution in [2.24, 2.45) is 0 Å². The summed E-state index contributed by atoms with van der Waals surface area (Å²) in [4.78, 5) is 0. The number of aliphatic hydroxyl groups is 1. The third-order valence-corrected chi connectivity index (χ3v) is 3.45. The fraction of sp³-hybridized carbons (Fsp3) is 0.385. The summed E-state index contributed by atoms with van der Waals surface area (Å²) in [5, 5.41) is 9.51. The third kappa shape index (κ3) is 2.92. The highest BCUT2D eigenvalue weighted by molar-refractivity contribution is 9.10. The van der Waals surface area contributed by atoms with E-state index in [0.29, 0.717) is 4.47 Å². The van der Waals surface area contributed by atoms with Crippen LogP contribution in [0.2, 0.25) is 0 Å². The van der Waals surface area contributed by atoms with Crippen molar-refractivity contribution in [2.75, 3.05) is 0 Å². The second-order valence-electron chi connectivity index (χ2n) is 4.21. The fourth-order valence-corrected chi connectivity index (χ4v) is 2.46. The van der Waals surface area contributed by atoms with Gasteiger partial charge in [0.15, 0.2) is 0 Å². The van der Waals surface area contributed by atoms with Gasteiger partial charge >= 0.3 is 0 Å². The van der Waals surface area contributed by atoms with Crippen LogP contribution in [0.4, 0.5) is 4.39 Å². The van der Waals surface area contributed by atoms with Crippen LogP contribution in [0.15, 0.2) is 34.3 Å². The highest BCUT2D eigenvalue weighted by Crippen LogP contribution is 2.24. The first kappa shape index (κ1) is 11.8. The molecule has 1 nitrogen and oxygen atoms in total. The van der Waals surface area contributed by atoms with E-state index in [-0.39, 0.29) is 11.9 Å². The second kappa shape index (κ2) is 5.11. The summed E-state index contributed by atoms with van der Waals surface area (Å²) in [7, 11) is 0. The molecule has 0 bridgehead atoms. The Bertz CT molecular complexity index is 414. The number of allylic oxidation sites excluding steroid dienone is 1. The molecule has 0 fully saturated rings. The monoisotopic (exact) mass is 284 g/mol. The predicted octanol–water partition coefficient (Wildman–Crippen LogP) is 3.60. The van der Waals surface area contributed by atoms with Gasteiger partial charge in [-0.25, -0.2) is 4.39 Å². The van der Waals surface area contributed by atoms with Gasteiger partial charge in [0.05, 0.1) is 10.6 Å². The largest absolute Gasteiger partial charge is 0.389 e. The summed E-state index contributed by atoms with van der Waals surface area (Å²) in [6.07, 6.45) is 5.36. The molecular weight excluding hydrogens is 271 g/mol. The van der Waals surface area contributed by atoms with E-state index in [1.807, 2.05) is 6.08 Å². The number of rotatable bonds is 2. The van der Waals surface area contributed by atoms with Crippen molar-refractivity contribution >= 4 is 15.9 Å². The summed E-state index contributed by atoms with van der Waals surface area (Å²) in [6, 6.07) is 5.07. The maximum Gasteiger partial charge on any atom is 0.137 e. The predicted molar refractivity (Wildman–Crippen MR) is 65.7 cm³/mol. The molecule has 1 unspecified atom stereocenters. The Morgan fingerprint density at radius 3 is 2.94 bits per heavy atom. The molecule has 0 aliphatic heterocycles. The average Bonchev–Trinajstić information content (AvgIpc) is 2.24. The zero-order chi connectivity index (χ0) is 11.5. The van der Waals surface area contributed by atoms with Crippen LogP contribution in [0.5, 0.6) is 0 Å². The van der Waals surface area contributed by atoms with Gasteiger partial charge < -0.3 is 5.11 Å². The molecule has 0 heterocycles. The SMILES string of the molecule is OC1C=C(Cc2ccc(F)c(Br)c2)CCC1. The molecule has 1 aromatic rings. The van der Waals surface area contributed by atoms with E-state index in [0.717, 1.165) is 31.2 Å². The normalized spacial score (nSPS) is 20.7. The van der Waals surface area contributed by atoms with Gasteiger partial charge in [-0.15, -0.1) is 0 Å². The van der Waals surface area contributed by atoms with E-state index in [1.54, 1.807) is 12.1 Å². The van der Waals surface area contributed by atoms with Gasteiger partial charge in [0, 0.05) is 0 Å². The zero-order valence-electron chi connectivity index (χ0n) is 8.92. The van der Waals surface area contributed by atoms with Crippen molar-refractivity contribution < 1.29 is 9.50 Å². The molecule has 1 N–H and O–H groups in total. The molecule has 1 aromatic carbocycles. The molecule has 0 amide bonds. The Hall–Kier alpha value is -0.670. The smallest absolute Gasteiger partial charge is 0.137 e. The summed E-state index contributed by atoms with van der Waals surface area (Å²) in [6.45, 7) is 0. The maximum absolute atomic E-state index is 13.0. The Balaban J connectivity index is 2.11. The Morgan fingerprint density at radius 2 is 2.25 bits per heavy atom. The van der Waals surface area contributed by atoms with E-state index in [1.165, 1.54) is 11.6 Å². The van der Waals surface area contributed by atoms with Crippen LogP contribution in [0.1, 0.15) is 24.8 Å². The molecular formula is C13H14BrFO. The highest BCUT2D eigenvalue weighted by atomic mass is 79.9. The molecule has 1 aliphatic carbocycles. The summed E-state index contributed by atoms with van der Waals surface area (Å²) < 4.78 is 13.5. The van der Waals surface area contributed by atoms with Crippen LogP contribution >= 0.6 is 15.9 Å². The molecule has 86 valence electrons. The molecule has 1 atom stereocenters. The summed E-state index contributed by atoms with van der Waals surface area (Å²) >= 11 is 3.18. The second-order valence-corrected chi connectivity index (χ2v) is 5.06. The van der Waals surface area contributed by atoms with Crippen LogP contribution in [-0.2, 0) is 6.42 Å². The van der Waals surface area contributed by atoms with Crippen LogP contribution in [0.25, 0.3) is 0 Å². The van der Waals surface area contributed by atoms with Gasteiger partial charge in [-0.3, -0.25) is 0 Å². The summed E-state index contributed by atoms with van der Waals surface area (Å²) in [5.74, 6) is -0.235. The van der Waals surface area contributed by atoms with Gasteiger partial charge in [0.1, 0.15) is 5.82 Å². The number of aliphatic hydroxyl groups excluding tert-OH is 1. The van der Waals surface area contributed by atoms with E-state index in [9.17, 15) is 9.50 Å². The lowest BCUT2D eigenvalue weighted by atomic mass is 9.93. The lowest BCUT2D eigenvalue weighted by Crippen LogP contribution is -2.10. The van der Waals surface area contributed by atoms with Crippen molar-refractivity contribution in [3.63, 3.8) is 0 Å². The minimum absolute atomic E-state index is 0.235. The van der Waals surface area contributed by atoms with Crippen molar-refractivity contribution in [2.45, 2.75) is 31.8 Å². The number of benzene rings is 1. The standard InChI is InChI=1S/C13H14BrFO/c14-12-8-10(4-5-13(12)15)6-9-2-1-3-11(16)7-9/h4-5,7-8,11,16H,1-3,6H2. The minimum atomic E-state index is -0.298. The van der Waals surface area contributed by atoms with Gasteiger partial charge in [-0.1, -0.05) is 17.7 Å². The van der Waals surface area contributed by atoms with Crippen LogP contribution in [-0.4, -0.2) is 11.2 Å². The Labute approximate surface area is 103 Å². The molecule has 0 aromatic heterocycles. The van der Waals surface area contributed by atoms with E-state index >= 15 is 0 Å². The molecule has 0 radical (unpaired) electrons. The van der Waals surface area contributed by atoms with Gasteiger partial charge in [0.2, 0.25) is 0 Å². The molecule has 0 saturated heterocycles. The molecule has 3 heteroatoms. The maximum atomic E-state index is 13.0. The quantitative estimate of drug-likeness (QED) is 0.823. The first-order valence-corrected chi connectivity index (χ1v) is 6.26. The number of hydrogen-bond acceptors (Lipinski definition) is 1. The first-order valence-electron chi connectivity index (χ1n) is 5.47. The van der Waals surface area contributed by atoms with Gasteiger partial charge in [-0.05, 0) is 59.3 Å². The van der Waals surface area contributed by atoms with E-state index in [2.05, 4.69) is 15.9 Å². The van der Waals surface area contributed by atoms with Crippen molar-refractivity contribution in [3.8, 4) is 0 Å². The molecule has 16 heavy (non-hydrogen) atoms. The lowest BCUT2D eigenvalue weighted by molar-refractivity contribution is 0.202. The zero-order valence-corrected chi connectivity index (χ0v) is 10.5. The van der Waals surface area contributed by atoms with Crippen LogP contribution < -0.4 is 0 Å². The fourth-order valence-electron chi connectivity index (χ4n) is 2.04. The van der Waals surface area contributed by atoms with Crippen molar-refractivity contribution in [3.05, 3.63) is 45.7 Å². The van der Waals surface area contributed by atoms with Crippen molar-refractivity contribution in [1.29, 1.82) is 0 Å². The first-order chi connectivity index (χ1) is 7.65. The van der Waals surface area contributed by atoms with Crippen LogP contribution in [0.3, 0.4) is 0 Å². The minimum Gasteiger partial charge on any atom is -0.389 e. The van der Waals surface area contributed by atoms with E-state index in [4.69, 9.17) is 0 Å². The lowest BCUT2D eigenvalue weighted by Gasteiger charge is -2.17. The highest BCUT2D eigenvalue weighted by Gasteiger charge is 2.11. The van der Waals surface area contributed by atoms with Gasteiger partial charge in [-0.2, -0.15) is 0 Å². The van der Waals surface area contributed by atoms with Crippen LogP contribution in [0, 0.1) is 5.82 Å². The van der Waals surface area contributed by atoms with Gasteiger partial charge in [0.25, 0.3) is 0 Å². The average molecular weight is 285 g/mol.